The Morgan fingerprint density at radius 3 is 2.28 bits per heavy atom. The van der Waals surface area contributed by atoms with E-state index in [0.717, 1.165) is 0 Å². The summed E-state index contributed by atoms with van der Waals surface area (Å²) in [7, 11) is 0. The van der Waals surface area contributed by atoms with Crippen LogP contribution >= 0.6 is 0 Å². The van der Waals surface area contributed by atoms with Gasteiger partial charge >= 0.3 is 0 Å². The molecule has 0 bridgehead atoms. The zero-order chi connectivity index (χ0) is 21.7. The van der Waals surface area contributed by atoms with E-state index in [0.29, 0.717) is 30.4 Å². The fourth-order valence-corrected chi connectivity index (χ4v) is 7.82. The van der Waals surface area contributed by atoms with Crippen LogP contribution in [0, 0.1) is 33.5 Å². The molecular weight excluding hydrogens is 368 g/mol. The molecule has 0 aromatic rings. The van der Waals surface area contributed by atoms with Crippen molar-refractivity contribution in [2.45, 2.75) is 85.9 Å². The molecule has 0 radical (unpaired) electrons. The average Bonchev–Trinajstić information content (AvgIpc) is 2.81. The van der Waals surface area contributed by atoms with E-state index in [-0.39, 0.29) is 36.1 Å². The van der Waals surface area contributed by atoms with Gasteiger partial charge in [0.2, 0.25) is 0 Å². The zero-order valence-electron chi connectivity index (χ0n) is 18.5. The van der Waals surface area contributed by atoms with Gasteiger partial charge in [-0.3, -0.25) is 14.4 Å². The van der Waals surface area contributed by atoms with Gasteiger partial charge in [0.1, 0.15) is 11.6 Å². The number of Topliss-reactive ketones (excluding diaryl/α,β-unsaturated/α-hetero) is 3. The third-order valence-corrected chi connectivity index (χ3v) is 9.79. The predicted octanol–water partition coefficient (Wildman–Crippen LogP) is 3.01. The Morgan fingerprint density at radius 2 is 1.69 bits per heavy atom. The first-order chi connectivity index (χ1) is 13.2. The van der Waals surface area contributed by atoms with Crippen LogP contribution in [0.25, 0.3) is 0 Å². The molecule has 7 unspecified atom stereocenters. The molecule has 7 atom stereocenters. The summed E-state index contributed by atoms with van der Waals surface area (Å²) >= 11 is 0. The number of ketones is 3. The second-order valence-corrected chi connectivity index (χ2v) is 11.3. The first kappa shape index (κ1) is 20.9. The summed E-state index contributed by atoms with van der Waals surface area (Å²) in [5.74, 6) is -0.654. The highest BCUT2D eigenvalue weighted by molar-refractivity contribution is 6.07. The minimum atomic E-state index is -1.000. The van der Waals surface area contributed by atoms with Crippen molar-refractivity contribution in [2.75, 3.05) is 0 Å². The van der Waals surface area contributed by atoms with E-state index >= 15 is 0 Å². The fraction of sp³-hybridized carbons (Fsp3) is 0.792. The fourth-order valence-electron chi connectivity index (χ4n) is 7.82. The maximum atomic E-state index is 13.6. The molecule has 2 fully saturated rings. The van der Waals surface area contributed by atoms with Crippen LogP contribution in [0.2, 0.25) is 0 Å². The van der Waals surface area contributed by atoms with E-state index in [1.54, 1.807) is 0 Å². The Labute approximate surface area is 172 Å². The Kier molecular flexibility index (Phi) is 4.24. The predicted molar refractivity (Wildman–Crippen MR) is 108 cm³/mol. The third kappa shape index (κ3) is 2.26. The minimum Gasteiger partial charge on any atom is -0.393 e. The molecule has 29 heavy (non-hydrogen) atoms. The number of carbonyl (C=O) groups is 3. The standard InChI is InChI=1S/C24H34O5/c1-12(25)13-9-18(29)24(6)20-14(26)10-16-21(2,3)17(28)7-8-22(16,4)19(20)15(27)11-23(13,24)5/h13-14,16-17,26,28H,7-11H2,1-6H3. The second kappa shape index (κ2) is 5.88. The molecule has 4 aliphatic carbocycles. The number of aliphatic hydroxyl groups is 2. The molecule has 0 spiro atoms. The summed E-state index contributed by atoms with van der Waals surface area (Å²) < 4.78 is 0. The van der Waals surface area contributed by atoms with Gasteiger partial charge in [0, 0.05) is 29.7 Å². The average molecular weight is 403 g/mol. The zero-order valence-corrected chi connectivity index (χ0v) is 18.5. The van der Waals surface area contributed by atoms with Crippen LogP contribution in [0.4, 0.5) is 0 Å². The van der Waals surface area contributed by atoms with Crippen LogP contribution in [0.3, 0.4) is 0 Å². The van der Waals surface area contributed by atoms with E-state index in [1.807, 2.05) is 27.7 Å². The number of hydrogen-bond donors (Lipinski definition) is 2. The maximum Gasteiger partial charge on any atom is 0.160 e. The molecule has 160 valence electrons. The minimum absolute atomic E-state index is 0.0284. The summed E-state index contributed by atoms with van der Waals surface area (Å²) in [6.45, 7) is 11.4. The van der Waals surface area contributed by atoms with Gasteiger partial charge in [0.15, 0.2) is 5.78 Å². The van der Waals surface area contributed by atoms with Gasteiger partial charge < -0.3 is 10.2 Å². The monoisotopic (exact) mass is 402 g/mol. The summed E-state index contributed by atoms with van der Waals surface area (Å²) in [6.07, 6.45) is 0.603. The summed E-state index contributed by atoms with van der Waals surface area (Å²) in [5.41, 5.74) is -1.50. The molecule has 4 rings (SSSR count). The first-order valence-electron chi connectivity index (χ1n) is 10.9. The molecule has 2 N–H and O–H groups in total. The molecule has 4 aliphatic rings. The van der Waals surface area contributed by atoms with Crippen molar-refractivity contribution in [3.63, 3.8) is 0 Å². The van der Waals surface area contributed by atoms with Crippen LogP contribution in [-0.4, -0.2) is 39.8 Å². The van der Waals surface area contributed by atoms with E-state index in [9.17, 15) is 24.6 Å². The van der Waals surface area contributed by atoms with Gasteiger partial charge in [0.05, 0.1) is 17.6 Å². The van der Waals surface area contributed by atoms with E-state index in [4.69, 9.17) is 0 Å². The molecule has 5 nitrogen and oxygen atoms in total. The molecule has 0 saturated heterocycles. The number of carbonyl (C=O) groups excluding carboxylic acids is 3. The van der Waals surface area contributed by atoms with Gasteiger partial charge in [-0.15, -0.1) is 0 Å². The van der Waals surface area contributed by atoms with E-state index in [2.05, 4.69) is 6.92 Å². The molecule has 0 aromatic carbocycles. The molecule has 0 aromatic heterocycles. The SMILES string of the molecule is CC(=O)C1CC(=O)C2(C)C3=C(C(=O)CC12C)C1(C)CCC(O)C(C)(C)C1CC3O. The lowest BCUT2D eigenvalue weighted by atomic mass is 9.42. The highest BCUT2D eigenvalue weighted by Gasteiger charge is 2.70. The summed E-state index contributed by atoms with van der Waals surface area (Å²) in [4.78, 5) is 39.4. The van der Waals surface area contributed by atoms with Crippen molar-refractivity contribution in [3.05, 3.63) is 11.1 Å². The number of hydrogen-bond acceptors (Lipinski definition) is 5. The largest absolute Gasteiger partial charge is 0.393 e. The lowest BCUT2D eigenvalue weighted by molar-refractivity contribution is -0.142. The van der Waals surface area contributed by atoms with Crippen LogP contribution < -0.4 is 0 Å². The van der Waals surface area contributed by atoms with Crippen molar-refractivity contribution >= 4 is 17.3 Å². The quantitative estimate of drug-likeness (QED) is 0.703. The summed E-state index contributed by atoms with van der Waals surface area (Å²) in [5, 5.41) is 22.0. The number of allylic oxidation sites excluding steroid dienone is 1. The molecule has 5 heteroatoms. The first-order valence-corrected chi connectivity index (χ1v) is 10.9. The van der Waals surface area contributed by atoms with Crippen molar-refractivity contribution in [3.8, 4) is 0 Å². The number of rotatable bonds is 1. The molecule has 0 heterocycles. The topological polar surface area (TPSA) is 91.7 Å². The Balaban J connectivity index is 1.97. The molecule has 0 aliphatic heterocycles. The smallest absolute Gasteiger partial charge is 0.160 e. The van der Waals surface area contributed by atoms with E-state index in [1.165, 1.54) is 6.92 Å². The van der Waals surface area contributed by atoms with Crippen molar-refractivity contribution in [1.29, 1.82) is 0 Å². The highest BCUT2D eigenvalue weighted by atomic mass is 16.3. The van der Waals surface area contributed by atoms with Crippen LogP contribution in [0.5, 0.6) is 0 Å². The van der Waals surface area contributed by atoms with Gasteiger partial charge in [-0.05, 0) is 55.4 Å². The van der Waals surface area contributed by atoms with Crippen molar-refractivity contribution < 1.29 is 24.6 Å². The maximum absolute atomic E-state index is 13.6. The second-order valence-electron chi connectivity index (χ2n) is 11.3. The lowest BCUT2D eigenvalue weighted by Crippen LogP contribution is -2.60. The van der Waals surface area contributed by atoms with Gasteiger partial charge in [0.25, 0.3) is 0 Å². The molecule has 0 amide bonds. The normalized spacial score (nSPS) is 48.8. The summed E-state index contributed by atoms with van der Waals surface area (Å²) in [6, 6.07) is 0. The van der Waals surface area contributed by atoms with Crippen molar-refractivity contribution in [2.24, 2.45) is 33.5 Å². The van der Waals surface area contributed by atoms with Crippen LogP contribution in [0.15, 0.2) is 11.1 Å². The van der Waals surface area contributed by atoms with E-state index < -0.39 is 39.8 Å². The lowest BCUT2D eigenvalue weighted by Gasteiger charge is -2.61. The van der Waals surface area contributed by atoms with Crippen LogP contribution in [0.1, 0.15) is 73.6 Å². The highest BCUT2D eigenvalue weighted by Crippen LogP contribution is 2.69. The Morgan fingerprint density at radius 1 is 1.07 bits per heavy atom. The number of fused-ring (bicyclic) bond motifs is 4. The number of aliphatic hydroxyl groups excluding tert-OH is 2. The van der Waals surface area contributed by atoms with Gasteiger partial charge in [-0.2, -0.15) is 0 Å². The molecule has 2 saturated carbocycles. The van der Waals surface area contributed by atoms with Crippen LogP contribution in [-0.2, 0) is 14.4 Å². The van der Waals surface area contributed by atoms with Gasteiger partial charge in [-0.1, -0.05) is 27.7 Å². The third-order valence-electron chi connectivity index (χ3n) is 9.79. The van der Waals surface area contributed by atoms with Crippen molar-refractivity contribution in [1.82, 2.24) is 0 Å². The molecular formula is C24H34O5. The Bertz CT molecular complexity index is 853. The van der Waals surface area contributed by atoms with Gasteiger partial charge in [-0.25, -0.2) is 0 Å². The Hall–Kier alpha value is -1.33.